The van der Waals surface area contributed by atoms with Crippen LogP contribution in [0.4, 0.5) is 0 Å². The number of benzene rings is 3. The van der Waals surface area contributed by atoms with E-state index in [1.54, 1.807) is 54.1 Å². The van der Waals surface area contributed by atoms with Gasteiger partial charge in [-0.2, -0.15) is 0 Å². The Balaban J connectivity index is 1.81. The van der Waals surface area contributed by atoms with E-state index < -0.39 is 5.97 Å². The lowest BCUT2D eigenvalue weighted by Gasteiger charge is -2.14. The number of halogens is 3. The van der Waals surface area contributed by atoms with E-state index in [-0.39, 0.29) is 28.0 Å². The van der Waals surface area contributed by atoms with Crippen molar-refractivity contribution in [2.24, 2.45) is 0 Å². The molecule has 3 aromatic carbocycles. The molecule has 33 heavy (non-hydrogen) atoms. The lowest BCUT2D eigenvalue weighted by molar-refractivity contribution is 0.0697. The van der Waals surface area contributed by atoms with E-state index in [4.69, 9.17) is 44.3 Å². The third kappa shape index (κ3) is 4.75. The topological polar surface area (TPSA) is 86.5 Å². The van der Waals surface area contributed by atoms with Gasteiger partial charge in [0.05, 0.1) is 22.7 Å². The minimum atomic E-state index is -1.08. The second-order valence-electron chi connectivity index (χ2n) is 6.81. The van der Waals surface area contributed by atoms with Gasteiger partial charge in [0.2, 0.25) is 0 Å². The molecule has 4 rings (SSSR count). The molecule has 0 saturated heterocycles. The van der Waals surface area contributed by atoms with Crippen molar-refractivity contribution in [3.8, 4) is 28.6 Å². The second kappa shape index (κ2) is 9.70. The summed E-state index contributed by atoms with van der Waals surface area (Å²) in [6, 6.07) is 16.8. The van der Waals surface area contributed by atoms with Crippen LogP contribution < -0.4 is 9.47 Å². The van der Waals surface area contributed by atoms with Crippen LogP contribution in [0.5, 0.6) is 11.5 Å². The largest absolute Gasteiger partial charge is 0.497 e. The maximum absolute atomic E-state index is 11.8. The second-order valence-corrected chi connectivity index (χ2v) is 8.06. The first kappa shape index (κ1) is 22.9. The third-order valence-electron chi connectivity index (χ3n) is 4.77. The van der Waals surface area contributed by atoms with E-state index in [0.29, 0.717) is 33.7 Å². The van der Waals surface area contributed by atoms with Gasteiger partial charge < -0.3 is 14.6 Å². The SMILES string of the molecule is COc1ccc(-n2c(COc3c(Cl)cc(Cl)cc3Cl)nnc2-c2ccccc2C(=O)O)cc1. The van der Waals surface area contributed by atoms with Crippen molar-refractivity contribution in [1.29, 1.82) is 0 Å². The first-order valence-electron chi connectivity index (χ1n) is 9.57. The van der Waals surface area contributed by atoms with Gasteiger partial charge in [0.15, 0.2) is 17.4 Å². The highest BCUT2D eigenvalue weighted by atomic mass is 35.5. The van der Waals surface area contributed by atoms with Crippen LogP contribution in [0.1, 0.15) is 16.2 Å². The monoisotopic (exact) mass is 503 g/mol. The molecule has 0 fully saturated rings. The van der Waals surface area contributed by atoms with Crippen molar-refractivity contribution in [3.63, 3.8) is 0 Å². The zero-order valence-corrected chi connectivity index (χ0v) is 19.4. The zero-order valence-electron chi connectivity index (χ0n) is 17.1. The summed E-state index contributed by atoms with van der Waals surface area (Å²) < 4.78 is 12.8. The number of carboxylic acid groups (broad SMARTS) is 1. The summed E-state index contributed by atoms with van der Waals surface area (Å²) in [6.07, 6.45) is 0. The molecule has 10 heteroatoms. The molecule has 7 nitrogen and oxygen atoms in total. The van der Waals surface area contributed by atoms with Crippen LogP contribution in [0, 0.1) is 0 Å². The molecule has 0 unspecified atom stereocenters. The van der Waals surface area contributed by atoms with Crippen LogP contribution in [0.15, 0.2) is 60.7 Å². The Labute approximate surface area is 204 Å². The molecular formula is C23H16Cl3N3O4. The van der Waals surface area contributed by atoms with Crippen molar-refractivity contribution in [2.45, 2.75) is 6.61 Å². The predicted molar refractivity (Wildman–Crippen MR) is 126 cm³/mol. The summed E-state index contributed by atoms with van der Waals surface area (Å²) in [7, 11) is 1.57. The van der Waals surface area contributed by atoms with E-state index in [1.807, 2.05) is 0 Å². The number of methoxy groups -OCH3 is 1. The summed E-state index contributed by atoms with van der Waals surface area (Å²) >= 11 is 18.4. The number of carboxylic acids is 1. The maximum atomic E-state index is 11.8. The highest BCUT2D eigenvalue weighted by molar-refractivity contribution is 6.40. The van der Waals surface area contributed by atoms with Gasteiger partial charge >= 0.3 is 5.97 Å². The van der Waals surface area contributed by atoms with Gasteiger partial charge in [-0.15, -0.1) is 10.2 Å². The number of aromatic carboxylic acids is 1. The number of carbonyl (C=O) groups is 1. The van der Waals surface area contributed by atoms with Gasteiger partial charge in [-0.3, -0.25) is 4.57 Å². The number of nitrogens with zero attached hydrogens (tertiary/aromatic N) is 3. The predicted octanol–water partition coefficient (Wildman–Crippen LogP) is 6.18. The number of aromatic nitrogens is 3. The summed E-state index contributed by atoms with van der Waals surface area (Å²) in [6.45, 7) is -0.0463. The van der Waals surface area contributed by atoms with Crippen molar-refractivity contribution in [2.75, 3.05) is 7.11 Å². The van der Waals surface area contributed by atoms with Gasteiger partial charge in [-0.25, -0.2) is 4.79 Å². The van der Waals surface area contributed by atoms with Crippen LogP contribution in [0.25, 0.3) is 17.1 Å². The standard InChI is InChI=1S/C23H16Cl3N3O4/c1-32-15-8-6-14(7-9-15)29-20(12-33-21-18(25)10-13(24)11-19(21)26)27-28-22(29)16-4-2-3-5-17(16)23(30)31/h2-11H,12H2,1H3,(H,30,31). The van der Waals surface area contributed by atoms with E-state index in [0.717, 1.165) is 0 Å². The molecule has 4 aromatic rings. The number of rotatable bonds is 7. The third-order valence-corrected chi connectivity index (χ3v) is 5.55. The van der Waals surface area contributed by atoms with Crippen molar-refractivity contribution in [1.82, 2.24) is 14.8 Å². The molecule has 0 radical (unpaired) electrons. The number of hydrogen-bond donors (Lipinski definition) is 1. The molecule has 168 valence electrons. The Hall–Kier alpha value is -3.26. The molecule has 1 aromatic heterocycles. The first-order chi connectivity index (χ1) is 15.9. The molecule has 0 saturated carbocycles. The molecule has 1 heterocycles. The lowest BCUT2D eigenvalue weighted by Crippen LogP contribution is -2.09. The van der Waals surface area contributed by atoms with E-state index in [1.165, 1.54) is 18.2 Å². The molecular weight excluding hydrogens is 489 g/mol. The molecule has 0 aliphatic rings. The zero-order chi connectivity index (χ0) is 23.5. The molecule has 1 N–H and O–H groups in total. The molecule has 0 aliphatic heterocycles. The molecule has 0 atom stereocenters. The highest BCUT2D eigenvalue weighted by Gasteiger charge is 2.21. The molecule has 0 spiro atoms. The fourth-order valence-corrected chi connectivity index (χ4v) is 4.18. The maximum Gasteiger partial charge on any atom is 0.336 e. The molecule has 0 aliphatic carbocycles. The minimum Gasteiger partial charge on any atom is -0.497 e. The molecule has 0 bridgehead atoms. The Kier molecular flexibility index (Phi) is 6.74. The fourth-order valence-electron chi connectivity index (χ4n) is 3.26. The minimum absolute atomic E-state index is 0.0463. The van der Waals surface area contributed by atoms with Gasteiger partial charge in [-0.05, 0) is 42.5 Å². The summed E-state index contributed by atoms with van der Waals surface area (Å²) in [5.41, 5.74) is 1.18. The summed E-state index contributed by atoms with van der Waals surface area (Å²) in [5, 5.41) is 19.1. The average Bonchev–Trinajstić information content (AvgIpc) is 3.22. The fraction of sp³-hybridized carbons (Fsp3) is 0.0870. The van der Waals surface area contributed by atoms with E-state index in [2.05, 4.69) is 10.2 Å². The van der Waals surface area contributed by atoms with Crippen molar-refractivity contribution < 1.29 is 19.4 Å². The van der Waals surface area contributed by atoms with Gasteiger partial charge in [0.25, 0.3) is 0 Å². The average molecular weight is 505 g/mol. The highest BCUT2D eigenvalue weighted by Crippen LogP contribution is 2.36. The number of hydrogen-bond acceptors (Lipinski definition) is 5. The Morgan fingerprint density at radius 3 is 2.30 bits per heavy atom. The lowest BCUT2D eigenvalue weighted by atomic mass is 10.1. The van der Waals surface area contributed by atoms with Crippen molar-refractivity contribution >= 4 is 40.8 Å². The van der Waals surface area contributed by atoms with Gasteiger partial charge in [0, 0.05) is 16.3 Å². The quantitative estimate of drug-likeness (QED) is 0.323. The van der Waals surface area contributed by atoms with Crippen molar-refractivity contribution in [3.05, 3.63) is 87.1 Å². The smallest absolute Gasteiger partial charge is 0.336 e. The van der Waals surface area contributed by atoms with E-state index in [9.17, 15) is 9.90 Å². The van der Waals surface area contributed by atoms with Gasteiger partial charge in [0.1, 0.15) is 12.4 Å². The van der Waals surface area contributed by atoms with Crippen LogP contribution in [-0.2, 0) is 6.61 Å². The van der Waals surface area contributed by atoms with Crippen LogP contribution >= 0.6 is 34.8 Å². The van der Waals surface area contributed by atoms with Crippen LogP contribution in [0.3, 0.4) is 0 Å². The van der Waals surface area contributed by atoms with Crippen LogP contribution in [-0.4, -0.2) is 33.0 Å². The summed E-state index contributed by atoms with van der Waals surface area (Å²) in [5.74, 6) is 0.575. The normalized spacial score (nSPS) is 10.8. The first-order valence-corrected chi connectivity index (χ1v) is 10.7. The summed E-state index contributed by atoms with van der Waals surface area (Å²) in [4.78, 5) is 11.8. The molecule has 0 amide bonds. The van der Waals surface area contributed by atoms with E-state index >= 15 is 0 Å². The Bertz CT molecular complexity index is 1300. The Morgan fingerprint density at radius 2 is 1.67 bits per heavy atom. The number of ether oxygens (including phenoxy) is 2. The Morgan fingerprint density at radius 1 is 1.00 bits per heavy atom. The van der Waals surface area contributed by atoms with Crippen LogP contribution in [0.2, 0.25) is 15.1 Å². The van der Waals surface area contributed by atoms with Gasteiger partial charge in [-0.1, -0.05) is 53.0 Å².